The van der Waals surface area contributed by atoms with Crippen molar-refractivity contribution in [3.63, 3.8) is 0 Å². The predicted molar refractivity (Wildman–Crippen MR) is 122 cm³/mol. The molecule has 33 heavy (non-hydrogen) atoms. The molecule has 0 saturated heterocycles. The smallest absolute Gasteiger partial charge is 0.246 e. The number of tetrazole rings is 1. The molecule has 8 heteroatoms. The highest BCUT2D eigenvalue weighted by atomic mass is 16.2. The molecule has 3 aromatic rings. The van der Waals surface area contributed by atoms with E-state index >= 15 is 0 Å². The van der Waals surface area contributed by atoms with Crippen molar-refractivity contribution in [2.75, 3.05) is 0 Å². The second-order valence-corrected chi connectivity index (χ2v) is 10.1. The maximum absolute atomic E-state index is 13.7. The molecule has 2 unspecified atom stereocenters. The number of rotatable bonds is 5. The minimum atomic E-state index is -0.435. The molecule has 2 atom stereocenters. The van der Waals surface area contributed by atoms with Crippen LogP contribution in [0.15, 0.2) is 60.0 Å². The maximum Gasteiger partial charge on any atom is 0.246 e. The average molecular weight is 442 g/mol. The van der Waals surface area contributed by atoms with E-state index in [1.807, 2.05) is 54.2 Å². The van der Waals surface area contributed by atoms with E-state index in [0.717, 1.165) is 48.9 Å². The lowest BCUT2D eigenvalue weighted by Crippen LogP contribution is -2.61. The summed E-state index contributed by atoms with van der Waals surface area (Å²) in [4.78, 5) is 19.7. The molecular weight excluding hydrogens is 414 g/mol. The van der Waals surface area contributed by atoms with Crippen molar-refractivity contribution < 1.29 is 4.79 Å². The minimum Gasteiger partial charge on any atom is -0.273 e. The van der Waals surface area contributed by atoms with E-state index in [9.17, 15) is 4.79 Å². The van der Waals surface area contributed by atoms with Gasteiger partial charge in [0.1, 0.15) is 0 Å². The fourth-order valence-electron chi connectivity index (χ4n) is 6.83. The first-order chi connectivity index (χ1) is 16.1. The fraction of sp³-hybridized carbons (Fsp3) is 0.440. The minimum absolute atomic E-state index is 0.0142. The van der Waals surface area contributed by atoms with E-state index in [2.05, 4.69) is 30.9 Å². The molecule has 1 N–H and O–H groups in total. The molecule has 8 nitrogen and oxygen atoms in total. The van der Waals surface area contributed by atoms with E-state index in [0.29, 0.717) is 17.7 Å². The summed E-state index contributed by atoms with van der Waals surface area (Å²) >= 11 is 0. The molecule has 0 aliphatic heterocycles. The molecule has 4 saturated carbocycles. The van der Waals surface area contributed by atoms with Crippen LogP contribution in [-0.4, -0.2) is 36.8 Å². The Morgan fingerprint density at radius 1 is 1.03 bits per heavy atom. The number of aryl methyl sites for hydroxylation is 1. The first-order valence-corrected chi connectivity index (χ1v) is 11.7. The molecule has 4 aliphatic carbocycles. The van der Waals surface area contributed by atoms with E-state index < -0.39 is 5.41 Å². The predicted octanol–water partition coefficient (Wildman–Crippen LogP) is 3.24. The largest absolute Gasteiger partial charge is 0.273 e. The van der Waals surface area contributed by atoms with Crippen molar-refractivity contribution in [2.24, 2.45) is 22.4 Å². The Morgan fingerprint density at radius 2 is 1.73 bits per heavy atom. The van der Waals surface area contributed by atoms with E-state index in [-0.39, 0.29) is 11.4 Å². The number of hydrogen-bond donors (Lipinski definition) is 1. The second-order valence-electron chi connectivity index (χ2n) is 10.1. The highest BCUT2D eigenvalue weighted by Gasteiger charge is 2.62. The van der Waals surface area contributed by atoms with Gasteiger partial charge in [0.2, 0.25) is 5.91 Å². The van der Waals surface area contributed by atoms with Gasteiger partial charge in [-0.2, -0.15) is 9.90 Å². The zero-order valence-corrected chi connectivity index (χ0v) is 18.7. The van der Waals surface area contributed by atoms with Gasteiger partial charge in [-0.05, 0) is 74.6 Å². The van der Waals surface area contributed by atoms with E-state index in [1.54, 1.807) is 12.4 Å². The molecule has 2 aromatic heterocycles. The van der Waals surface area contributed by atoms with Crippen LogP contribution < -0.4 is 5.43 Å². The summed E-state index contributed by atoms with van der Waals surface area (Å²) in [5.41, 5.74) is 4.93. The van der Waals surface area contributed by atoms with Gasteiger partial charge >= 0.3 is 0 Å². The molecule has 1 amide bonds. The van der Waals surface area contributed by atoms with Crippen LogP contribution in [0, 0.1) is 24.2 Å². The van der Waals surface area contributed by atoms with Gasteiger partial charge in [-0.1, -0.05) is 30.3 Å². The standard InChI is InChI=1S/C25H27N7O/c1-17-27-31-32(30-17)25-14-18-11-19(15-25)13-24(12-18,16-25)23(33)29-28-22(20-5-3-2-4-6-20)21-7-9-26-10-8-21/h2-10,18-19H,11-16H2,1H3,(H,29,33)/b28-22+. The van der Waals surface area contributed by atoms with Crippen LogP contribution in [0.5, 0.6) is 0 Å². The van der Waals surface area contributed by atoms with Crippen LogP contribution in [0.1, 0.15) is 55.5 Å². The number of benzene rings is 1. The number of aromatic nitrogens is 5. The summed E-state index contributed by atoms with van der Waals surface area (Å²) in [7, 11) is 0. The lowest BCUT2D eigenvalue weighted by molar-refractivity contribution is -0.157. The number of hydrazone groups is 1. The number of pyridine rings is 1. The molecule has 0 radical (unpaired) electrons. The van der Waals surface area contributed by atoms with Crippen molar-refractivity contribution in [3.8, 4) is 0 Å². The van der Waals surface area contributed by atoms with Crippen LogP contribution in [0.3, 0.4) is 0 Å². The van der Waals surface area contributed by atoms with E-state index in [4.69, 9.17) is 0 Å². The molecule has 2 heterocycles. The van der Waals surface area contributed by atoms with E-state index in [1.165, 1.54) is 6.42 Å². The normalized spacial score (nSPS) is 30.4. The van der Waals surface area contributed by atoms with Gasteiger partial charge in [0.05, 0.1) is 16.7 Å². The van der Waals surface area contributed by atoms with Gasteiger partial charge in [-0.15, -0.1) is 10.2 Å². The van der Waals surface area contributed by atoms with Crippen LogP contribution in [0.25, 0.3) is 0 Å². The third kappa shape index (κ3) is 3.44. The molecule has 0 spiro atoms. The number of amides is 1. The van der Waals surface area contributed by atoms with Crippen molar-refractivity contribution in [2.45, 2.75) is 51.0 Å². The lowest BCUT2D eigenvalue weighted by atomic mass is 9.46. The van der Waals surface area contributed by atoms with Crippen molar-refractivity contribution in [1.82, 2.24) is 30.6 Å². The molecule has 1 aromatic carbocycles. The molecule has 168 valence electrons. The number of carbonyl (C=O) groups is 1. The summed E-state index contributed by atoms with van der Waals surface area (Å²) in [6.07, 6.45) is 9.32. The monoisotopic (exact) mass is 441 g/mol. The van der Waals surface area contributed by atoms with Gasteiger partial charge in [-0.25, -0.2) is 5.43 Å². The Morgan fingerprint density at radius 3 is 2.39 bits per heavy atom. The van der Waals surface area contributed by atoms with Crippen LogP contribution in [0.2, 0.25) is 0 Å². The SMILES string of the molecule is Cc1nnn(C23CC4CC(CC(C(=O)N/N=C(\c5ccccc5)c5ccncc5)(C4)C2)C3)n1. The molecule has 4 aliphatic rings. The number of nitrogens with one attached hydrogen (secondary N) is 1. The van der Waals surface area contributed by atoms with Gasteiger partial charge in [0, 0.05) is 23.5 Å². The third-order valence-corrected chi connectivity index (χ3v) is 7.72. The van der Waals surface area contributed by atoms with Gasteiger partial charge < -0.3 is 0 Å². The number of carbonyl (C=O) groups excluding carboxylic acids is 1. The summed E-state index contributed by atoms with van der Waals surface area (Å²) in [5, 5.41) is 17.7. The van der Waals surface area contributed by atoms with Crippen molar-refractivity contribution >= 4 is 11.6 Å². The highest BCUT2D eigenvalue weighted by molar-refractivity contribution is 6.13. The molecule has 4 bridgehead atoms. The van der Waals surface area contributed by atoms with Gasteiger partial charge in [-0.3, -0.25) is 9.78 Å². The Kier molecular flexibility index (Phi) is 4.64. The Bertz CT molecular complexity index is 1150. The Balaban J connectivity index is 1.32. The average Bonchev–Trinajstić information content (AvgIpc) is 3.27. The zero-order chi connectivity index (χ0) is 22.5. The highest BCUT2D eigenvalue weighted by Crippen LogP contribution is 2.64. The fourth-order valence-corrected chi connectivity index (χ4v) is 6.83. The van der Waals surface area contributed by atoms with Gasteiger partial charge in [0.25, 0.3) is 0 Å². The summed E-state index contributed by atoms with van der Waals surface area (Å²) in [6.45, 7) is 1.87. The number of hydrogen-bond acceptors (Lipinski definition) is 6. The topological polar surface area (TPSA) is 98.0 Å². The van der Waals surface area contributed by atoms with Gasteiger partial charge in [0.15, 0.2) is 5.82 Å². The zero-order valence-electron chi connectivity index (χ0n) is 18.7. The lowest BCUT2D eigenvalue weighted by Gasteiger charge is -2.60. The summed E-state index contributed by atoms with van der Waals surface area (Å²) in [5.74, 6) is 1.72. The Labute approximate surface area is 192 Å². The summed E-state index contributed by atoms with van der Waals surface area (Å²) in [6, 6.07) is 13.8. The van der Waals surface area contributed by atoms with Crippen LogP contribution in [-0.2, 0) is 10.3 Å². The van der Waals surface area contributed by atoms with Crippen molar-refractivity contribution in [1.29, 1.82) is 0 Å². The quantitative estimate of drug-likeness (QED) is 0.484. The van der Waals surface area contributed by atoms with Crippen molar-refractivity contribution in [3.05, 3.63) is 71.8 Å². The third-order valence-electron chi connectivity index (χ3n) is 7.72. The molecule has 4 fully saturated rings. The first kappa shape index (κ1) is 20.2. The molecular formula is C25H27N7O. The Hall–Kier alpha value is -3.42. The molecule has 7 rings (SSSR count). The summed E-state index contributed by atoms with van der Waals surface area (Å²) < 4.78 is 0. The van der Waals surface area contributed by atoms with Crippen LogP contribution >= 0.6 is 0 Å². The van der Waals surface area contributed by atoms with Crippen LogP contribution in [0.4, 0.5) is 0 Å². The number of nitrogens with zero attached hydrogens (tertiary/aromatic N) is 6. The second kappa shape index (κ2) is 7.57. The first-order valence-electron chi connectivity index (χ1n) is 11.7. The maximum atomic E-state index is 13.7.